The second-order valence-electron chi connectivity index (χ2n) is 2.66. The van der Waals surface area contributed by atoms with Crippen LogP contribution in [0.1, 0.15) is 5.56 Å². The van der Waals surface area contributed by atoms with Gasteiger partial charge in [0.2, 0.25) is 0 Å². The first-order chi connectivity index (χ1) is 5.36. The summed E-state index contributed by atoms with van der Waals surface area (Å²) in [5.41, 5.74) is 1.28. The Morgan fingerprint density at radius 3 is 3.09 bits per heavy atom. The highest BCUT2D eigenvalue weighted by Gasteiger charge is 1.90. The Hall–Kier alpha value is -1.37. The predicted molar refractivity (Wildman–Crippen MR) is 45.3 cm³/mol. The van der Waals surface area contributed by atoms with Crippen LogP contribution in [0.5, 0.6) is 0 Å². The van der Waals surface area contributed by atoms with Gasteiger partial charge < -0.3 is 0 Å². The third-order valence-corrected chi connectivity index (χ3v) is 1.74. The van der Waals surface area contributed by atoms with Crippen LogP contribution in [0.25, 0.3) is 10.8 Å². The van der Waals surface area contributed by atoms with Gasteiger partial charge in [0.15, 0.2) is 0 Å². The maximum atomic E-state index is 3.92. The monoisotopic (exact) mass is 142 g/mol. The van der Waals surface area contributed by atoms with Crippen LogP contribution < -0.4 is 0 Å². The van der Waals surface area contributed by atoms with Gasteiger partial charge in [-0.05, 0) is 18.4 Å². The summed E-state index contributed by atoms with van der Waals surface area (Å²) in [6, 6.07) is 8.20. The van der Waals surface area contributed by atoms with Gasteiger partial charge in [0.1, 0.15) is 0 Å². The molecule has 2 rings (SSSR count). The summed E-state index contributed by atoms with van der Waals surface area (Å²) in [5, 5.41) is 2.38. The zero-order chi connectivity index (χ0) is 7.68. The van der Waals surface area contributed by atoms with Gasteiger partial charge in [0, 0.05) is 11.6 Å². The van der Waals surface area contributed by atoms with E-state index in [1.807, 2.05) is 12.3 Å². The van der Waals surface area contributed by atoms with Crippen LogP contribution in [-0.2, 0) is 0 Å². The lowest BCUT2D eigenvalue weighted by atomic mass is 10.1. The van der Waals surface area contributed by atoms with E-state index in [0.717, 1.165) is 0 Å². The quantitative estimate of drug-likeness (QED) is 0.550. The van der Waals surface area contributed by atoms with Crippen LogP contribution in [0.4, 0.5) is 0 Å². The minimum Gasteiger partial charge on any atom is -0.254 e. The lowest BCUT2D eigenvalue weighted by Crippen LogP contribution is -1.76. The molecule has 1 heteroatoms. The Bertz CT molecular complexity index is 379. The Labute approximate surface area is 65.7 Å². The van der Waals surface area contributed by atoms with E-state index in [9.17, 15) is 0 Å². The van der Waals surface area contributed by atoms with Crippen molar-refractivity contribution in [1.82, 2.24) is 4.98 Å². The molecular weight excluding hydrogens is 134 g/mol. The summed E-state index contributed by atoms with van der Waals surface area (Å²) < 4.78 is 0. The van der Waals surface area contributed by atoms with E-state index in [0.29, 0.717) is 0 Å². The Morgan fingerprint density at radius 1 is 1.27 bits per heavy atom. The number of pyridine rings is 1. The van der Waals surface area contributed by atoms with Gasteiger partial charge in [-0.25, -0.2) is 0 Å². The molecule has 2 aromatic rings. The van der Waals surface area contributed by atoms with Crippen LogP contribution in [0, 0.1) is 13.1 Å². The SMILES string of the molecule is Cc1ccc2cn[c]cc2c1. The predicted octanol–water partition coefficient (Wildman–Crippen LogP) is 2.34. The van der Waals surface area contributed by atoms with Gasteiger partial charge in [-0.2, -0.15) is 0 Å². The summed E-state index contributed by atoms with van der Waals surface area (Å²) in [6.45, 7) is 2.08. The lowest BCUT2D eigenvalue weighted by molar-refractivity contribution is 1.34. The van der Waals surface area contributed by atoms with E-state index in [1.54, 1.807) is 0 Å². The molecule has 0 aliphatic heterocycles. The van der Waals surface area contributed by atoms with Crippen LogP contribution in [0.15, 0.2) is 30.5 Å². The molecule has 0 saturated heterocycles. The Kier molecular flexibility index (Phi) is 1.35. The highest BCUT2D eigenvalue weighted by molar-refractivity contribution is 5.81. The maximum absolute atomic E-state index is 3.92. The van der Waals surface area contributed by atoms with Crippen LogP contribution in [0.2, 0.25) is 0 Å². The van der Waals surface area contributed by atoms with E-state index < -0.39 is 0 Å². The van der Waals surface area contributed by atoms with Crippen LogP contribution in [-0.4, -0.2) is 4.98 Å². The molecule has 0 aliphatic carbocycles. The van der Waals surface area contributed by atoms with E-state index in [-0.39, 0.29) is 0 Å². The number of nitrogens with zero attached hydrogens (tertiary/aromatic N) is 1. The number of benzene rings is 1. The van der Waals surface area contributed by atoms with Crippen molar-refractivity contribution in [1.29, 1.82) is 0 Å². The fourth-order valence-corrected chi connectivity index (χ4v) is 1.15. The van der Waals surface area contributed by atoms with Crippen molar-refractivity contribution in [3.63, 3.8) is 0 Å². The first kappa shape index (κ1) is 6.35. The van der Waals surface area contributed by atoms with E-state index in [4.69, 9.17) is 0 Å². The highest BCUT2D eigenvalue weighted by atomic mass is 14.6. The van der Waals surface area contributed by atoms with Crippen molar-refractivity contribution in [2.45, 2.75) is 6.92 Å². The molecule has 0 unspecified atom stereocenters. The number of fused-ring (bicyclic) bond motifs is 1. The summed E-state index contributed by atoms with van der Waals surface area (Å²) in [5.74, 6) is 0. The molecule has 53 valence electrons. The minimum absolute atomic E-state index is 1.18. The van der Waals surface area contributed by atoms with Gasteiger partial charge in [0.05, 0.1) is 6.20 Å². The molecular formula is C10H8N. The van der Waals surface area contributed by atoms with Crippen LogP contribution in [0.3, 0.4) is 0 Å². The van der Waals surface area contributed by atoms with Crippen LogP contribution >= 0.6 is 0 Å². The van der Waals surface area contributed by atoms with Gasteiger partial charge in [-0.15, -0.1) is 0 Å². The normalized spacial score (nSPS) is 10.3. The number of hydrogen-bond donors (Lipinski definition) is 0. The zero-order valence-electron chi connectivity index (χ0n) is 6.33. The molecule has 1 aromatic carbocycles. The number of aryl methyl sites for hydroxylation is 1. The van der Waals surface area contributed by atoms with Crippen molar-refractivity contribution in [2.75, 3.05) is 0 Å². The van der Waals surface area contributed by atoms with E-state index in [2.05, 4.69) is 36.3 Å². The first-order valence-corrected chi connectivity index (χ1v) is 3.59. The van der Waals surface area contributed by atoms with Gasteiger partial charge >= 0.3 is 0 Å². The third-order valence-electron chi connectivity index (χ3n) is 1.74. The van der Waals surface area contributed by atoms with Crippen molar-refractivity contribution in [2.24, 2.45) is 0 Å². The number of aromatic nitrogens is 1. The molecule has 1 radical (unpaired) electrons. The van der Waals surface area contributed by atoms with Gasteiger partial charge in [-0.1, -0.05) is 23.8 Å². The molecule has 1 aromatic heterocycles. The highest BCUT2D eigenvalue weighted by Crippen LogP contribution is 2.12. The molecule has 0 bridgehead atoms. The molecule has 0 aliphatic rings. The fraction of sp³-hybridized carbons (Fsp3) is 0.100. The standard InChI is InChI=1S/C10H8N/c1-8-2-3-10-7-11-5-4-9(10)6-8/h2-4,6-7H,1H3. The maximum Gasteiger partial charge on any atom is 0.0892 e. The molecule has 0 N–H and O–H groups in total. The van der Waals surface area contributed by atoms with E-state index in [1.165, 1.54) is 16.3 Å². The summed E-state index contributed by atoms with van der Waals surface area (Å²) >= 11 is 0. The summed E-state index contributed by atoms with van der Waals surface area (Å²) in [7, 11) is 0. The fourth-order valence-electron chi connectivity index (χ4n) is 1.15. The Morgan fingerprint density at radius 2 is 2.18 bits per heavy atom. The van der Waals surface area contributed by atoms with Crippen molar-refractivity contribution in [3.05, 3.63) is 42.2 Å². The van der Waals surface area contributed by atoms with Gasteiger partial charge in [-0.3, -0.25) is 4.98 Å². The second kappa shape index (κ2) is 2.35. The molecule has 0 spiro atoms. The number of hydrogen-bond acceptors (Lipinski definition) is 1. The topological polar surface area (TPSA) is 12.9 Å². The second-order valence-corrected chi connectivity index (χ2v) is 2.66. The molecule has 0 atom stereocenters. The smallest absolute Gasteiger partial charge is 0.0892 e. The van der Waals surface area contributed by atoms with Crippen molar-refractivity contribution < 1.29 is 0 Å². The zero-order valence-corrected chi connectivity index (χ0v) is 6.33. The Balaban J connectivity index is 2.83. The largest absolute Gasteiger partial charge is 0.254 e. The summed E-state index contributed by atoms with van der Waals surface area (Å²) in [6.07, 6.45) is 4.64. The molecule has 1 nitrogen and oxygen atoms in total. The number of rotatable bonds is 0. The molecule has 1 heterocycles. The minimum atomic E-state index is 1.18. The van der Waals surface area contributed by atoms with E-state index >= 15 is 0 Å². The summed E-state index contributed by atoms with van der Waals surface area (Å²) in [4.78, 5) is 3.92. The molecule has 0 fully saturated rings. The first-order valence-electron chi connectivity index (χ1n) is 3.59. The molecule has 0 amide bonds. The lowest BCUT2D eigenvalue weighted by Gasteiger charge is -1.95. The third kappa shape index (κ3) is 1.09. The average molecular weight is 142 g/mol. The van der Waals surface area contributed by atoms with Crippen molar-refractivity contribution in [3.8, 4) is 0 Å². The van der Waals surface area contributed by atoms with Gasteiger partial charge in [0.25, 0.3) is 0 Å². The average Bonchev–Trinajstić information content (AvgIpc) is 2.04. The van der Waals surface area contributed by atoms with Crippen molar-refractivity contribution >= 4 is 10.8 Å². The molecule has 0 saturated carbocycles. The molecule has 11 heavy (non-hydrogen) atoms.